The Morgan fingerprint density at radius 2 is 1.59 bits per heavy atom. The zero-order chi connectivity index (χ0) is 30.8. The second-order valence-electron chi connectivity index (χ2n) is 11.2. The Kier molecular flexibility index (Phi) is 8.20. The van der Waals surface area contributed by atoms with Crippen molar-refractivity contribution in [3.63, 3.8) is 0 Å². The number of rotatable bonds is 9. The maximum Gasteiger partial charge on any atom is 0.261 e. The van der Waals surface area contributed by atoms with Crippen LogP contribution in [0.2, 0.25) is 0 Å². The van der Waals surface area contributed by atoms with Crippen molar-refractivity contribution in [3.05, 3.63) is 100 Å². The van der Waals surface area contributed by atoms with Gasteiger partial charge in [0.15, 0.2) is 6.29 Å². The van der Waals surface area contributed by atoms with Gasteiger partial charge in [0.1, 0.15) is 12.4 Å². The molecule has 10 nitrogen and oxygen atoms in total. The van der Waals surface area contributed by atoms with Gasteiger partial charge in [-0.15, -0.1) is 0 Å². The zero-order valence-electron chi connectivity index (χ0n) is 24.8. The Balaban J connectivity index is 1.07. The van der Waals surface area contributed by atoms with Gasteiger partial charge >= 0.3 is 0 Å². The molecule has 0 radical (unpaired) electrons. The van der Waals surface area contributed by atoms with Crippen LogP contribution in [0.5, 0.6) is 5.75 Å². The molecule has 3 aromatic carbocycles. The molecule has 44 heavy (non-hydrogen) atoms. The molecule has 3 aliphatic heterocycles. The van der Waals surface area contributed by atoms with Gasteiger partial charge < -0.3 is 24.8 Å². The molecule has 2 N–H and O–H groups in total. The van der Waals surface area contributed by atoms with Crippen LogP contribution < -0.4 is 15.4 Å². The van der Waals surface area contributed by atoms with E-state index in [1.165, 1.54) is 4.90 Å². The van der Waals surface area contributed by atoms with Crippen molar-refractivity contribution in [1.82, 2.24) is 15.5 Å². The van der Waals surface area contributed by atoms with Crippen LogP contribution in [0.3, 0.4) is 0 Å². The van der Waals surface area contributed by atoms with Crippen molar-refractivity contribution in [2.75, 3.05) is 33.4 Å². The molecule has 3 aliphatic rings. The van der Waals surface area contributed by atoms with Gasteiger partial charge in [-0.3, -0.25) is 24.1 Å². The lowest BCUT2D eigenvalue weighted by atomic mass is 9.73. The van der Waals surface area contributed by atoms with E-state index in [9.17, 15) is 19.2 Å². The third-order valence-electron chi connectivity index (χ3n) is 8.77. The van der Waals surface area contributed by atoms with E-state index in [4.69, 9.17) is 14.2 Å². The summed E-state index contributed by atoms with van der Waals surface area (Å²) in [6, 6.07) is 19.7. The first-order valence-electron chi connectivity index (χ1n) is 14.9. The fraction of sp³-hybridized carbons (Fsp3) is 0.353. The number of carbonyl (C=O) groups excluding carboxylic acids is 4. The molecule has 4 amide bonds. The number of amides is 4. The number of nitrogens with zero attached hydrogens (tertiary/aromatic N) is 1. The van der Waals surface area contributed by atoms with Crippen molar-refractivity contribution in [3.8, 4) is 5.75 Å². The molecular weight excluding hydrogens is 562 g/mol. The van der Waals surface area contributed by atoms with Crippen molar-refractivity contribution in [1.29, 1.82) is 0 Å². The summed E-state index contributed by atoms with van der Waals surface area (Å²) in [5.41, 5.74) is 2.93. The number of benzene rings is 3. The van der Waals surface area contributed by atoms with Gasteiger partial charge in [-0.25, -0.2) is 0 Å². The van der Waals surface area contributed by atoms with Crippen LogP contribution in [0.15, 0.2) is 66.7 Å². The van der Waals surface area contributed by atoms with Crippen LogP contribution in [0.4, 0.5) is 0 Å². The molecule has 0 spiro atoms. The van der Waals surface area contributed by atoms with Crippen LogP contribution in [0.1, 0.15) is 78.7 Å². The molecule has 0 saturated carbocycles. The molecule has 0 aliphatic carbocycles. The first-order chi connectivity index (χ1) is 21.4. The Hall–Kier alpha value is -4.54. The molecule has 0 aromatic heterocycles. The van der Waals surface area contributed by atoms with Crippen molar-refractivity contribution >= 4 is 23.6 Å². The minimum atomic E-state index is -0.508. The van der Waals surface area contributed by atoms with Crippen LogP contribution in [0, 0.1) is 0 Å². The Morgan fingerprint density at radius 1 is 0.932 bits per heavy atom. The minimum absolute atomic E-state index is 0.183. The van der Waals surface area contributed by atoms with Gasteiger partial charge in [0.2, 0.25) is 0 Å². The van der Waals surface area contributed by atoms with E-state index in [0.717, 1.165) is 17.5 Å². The molecule has 3 heterocycles. The summed E-state index contributed by atoms with van der Waals surface area (Å²) in [6.45, 7) is 3.19. The van der Waals surface area contributed by atoms with E-state index in [1.54, 1.807) is 37.4 Å². The number of imide groups is 1. The third kappa shape index (κ3) is 5.14. The summed E-state index contributed by atoms with van der Waals surface area (Å²) in [5.74, 6) is -0.762. The van der Waals surface area contributed by atoms with Gasteiger partial charge in [0.25, 0.3) is 23.6 Å². The van der Waals surface area contributed by atoms with E-state index >= 15 is 0 Å². The van der Waals surface area contributed by atoms with Gasteiger partial charge in [0.05, 0.1) is 41.4 Å². The molecule has 228 valence electrons. The van der Waals surface area contributed by atoms with Gasteiger partial charge in [0, 0.05) is 31.1 Å². The topological polar surface area (TPSA) is 123 Å². The summed E-state index contributed by atoms with van der Waals surface area (Å²) >= 11 is 0. The highest BCUT2D eigenvalue weighted by Crippen LogP contribution is 2.47. The lowest BCUT2D eigenvalue weighted by Crippen LogP contribution is -2.49. The number of carbonyl (C=O) groups is 4. The lowest BCUT2D eigenvalue weighted by Gasteiger charge is -2.33. The van der Waals surface area contributed by atoms with Gasteiger partial charge in [-0.1, -0.05) is 49.4 Å². The smallest absolute Gasteiger partial charge is 0.261 e. The maximum atomic E-state index is 13.3. The zero-order valence-corrected chi connectivity index (χ0v) is 24.8. The molecule has 3 aromatic rings. The summed E-state index contributed by atoms with van der Waals surface area (Å²) in [6.07, 6.45) is 1.32. The normalized spacial score (nSPS) is 22.3. The predicted octanol–water partition coefficient (Wildman–Crippen LogP) is 3.68. The van der Waals surface area contributed by atoms with E-state index in [0.29, 0.717) is 54.0 Å². The highest BCUT2D eigenvalue weighted by molar-refractivity contribution is 6.21. The number of hydrogen-bond acceptors (Lipinski definition) is 7. The van der Waals surface area contributed by atoms with E-state index < -0.39 is 17.7 Å². The number of ether oxygens (including phenoxy) is 3. The van der Waals surface area contributed by atoms with E-state index in [-0.39, 0.29) is 36.8 Å². The van der Waals surface area contributed by atoms with Gasteiger partial charge in [-0.05, 0) is 42.7 Å². The highest BCUT2D eigenvalue weighted by Gasteiger charge is 2.44. The number of fused-ring (bicyclic) bond motifs is 2. The molecule has 1 atom stereocenters. The molecule has 6 rings (SSSR count). The minimum Gasteiger partial charge on any atom is -0.491 e. The second kappa shape index (κ2) is 12.2. The first-order valence-corrected chi connectivity index (χ1v) is 14.9. The van der Waals surface area contributed by atoms with Crippen LogP contribution >= 0.6 is 0 Å². The van der Waals surface area contributed by atoms with Crippen LogP contribution in [0.25, 0.3) is 0 Å². The lowest BCUT2D eigenvalue weighted by molar-refractivity contribution is -0.199. The summed E-state index contributed by atoms with van der Waals surface area (Å²) in [7, 11) is 1.55. The number of nitrogens with one attached hydrogen (secondary N) is 2. The second-order valence-corrected chi connectivity index (χ2v) is 11.2. The fourth-order valence-electron chi connectivity index (χ4n) is 6.30. The third-order valence-corrected chi connectivity index (χ3v) is 8.77. The van der Waals surface area contributed by atoms with Crippen LogP contribution in [-0.2, 0) is 14.9 Å². The van der Waals surface area contributed by atoms with Crippen molar-refractivity contribution in [2.24, 2.45) is 0 Å². The van der Waals surface area contributed by atoms with Crippen molar-refractivity contribution in [2.45, 2.75) is 43.9 Å². The monoisotopic (exact) mass is 597 g/mol. The standard InChI is InChI=1S/C34H35N3O7/c1-3-34(22-10-5-4-6-11-22)20-44-29-26(31(39)35-2)16-21(17-27(29)34)30(38)36-15-9-14-28-42-18-23(19-43-28)37-32(40)24-12-7-8-13-25(24)33(37)41/h4-8,10-13,16-17,23,28H,3,9,14-15,18-20H2,1-2H3,(H,35,39)(H,36,38). The SMILES string of the molecule is CCC1(c2ccccc2)COc2c(C(=O)NC)cc(C(=O)NCCCC3OCC(N4C(=O)c5ccccc5C4=O)CO3)cc21. The average molecular weight is 598 g/mol. The fourth-order valence-corrected chi connectivity index (χ4v) is 6.30. The summed E-state index contributed by atoms with van der Waals surface area (Å²) < 4.78 is 17.8. The molecule has 1 fully saturated rings. The van der Waals surface area contributed by atoms with Crippen LogP contribution in [-0.4, -0.2) is 74.3 Å². The summed E-state index contributed by atoms with van der Waals surface area (Å²) in [4.78, 5) is 52.9. The van der Waals surface area contributed by atoms with Crippen molar-refractivity contribution < 1.29 is 33.4 Å². The predicted molar refractivity (Wildman–Crippen MR) is 161 cm³/mol. The average Bonchev–Trinajstić information content (AvgIpc) is 3.58. The Morgan fingerprint density at radius 3 is 2.23 bits per heavy atom. The van der Waals surface area contributed by atoms with E-state index in [2.05, 4.69) is 17.6 Å². The Labute approximate surface area is 255 Å². The number of hydrogen-bond donors (Lipinski definition) is 2. The quantitative estimate of drug-likeness (QED) is 0.285. The maximum absolute atomic E-state index is 13.3. The molecule has 1 unspecified atom stereocenters. The Bertz CT molecular complexity index is 1560. The molecule has 1 saturated heterocycles. The summed E-state index contributed by atoms with van der Waals surface area (Å²) in [5, 5.41) is 5.62. The molecular formula is C34H35N3O7. The first kappa shape index (κ1) is 29.5. The van der Waals surface area contributed by atoms with Gasteiger partial charge in [-0.2, -0.15) is 0 Å². The molecule has 0 bridgehead atoms. The molecule has 10 heteroatoms. The van der Waals surface area contributed by atoms with E-state index in [1.807, 2.05) is 36.4 Å². The highest BCUT2D eigenvalue weighted by atomic mass is 16.7. The largest absolute Gasteiger partial charge is 0.491 e.